The second-order valence-corrected chi connectivity index (χ2v) is 1.06. The van der Waals surface area contributed by atoms with E-state index >= 15 is 0 Å². The second-order valence-electron chi connectivity index (χ2n) is 0.893. The molecule has 0 fully saturated rings. The average Bonchev–Trinajstić information content (AvgIpc) is 1.93. The summed E-state index contributed by atoms with van der Waals surface area (Å²) in [6.07, 6.45) is 3.15. The fraction of sp³-hybridized carbons (Fsp3) is 0. The van der Waals surface area contributed by atoms with E-state index in [0.29, 0.717) is 0 Å². The molecular weight excluding hydrogens is 139 g/mol. The average molecular weight is 142 g/mol. The molecule has 0 bridgehead atoms. The minimum atomic E-state index is -0.833. The second kappa shape index (κ2) is 6.95. The first-order chi connectivity index (χ1) is 4.41. The Morgan fingerprint density at radius 1 is 1.33 bits per heavy atom. The maximum atomic E-state index is 8.46. The monoisotopic (exact) mass is 142 g/mol. The molecule has 9 heavy (non-hydrogen) atoms. The molecule has 0 saturated heterocycles. The van der Waals surface area contributed by atoms with Crippen LogP contribution >= 0.6 is 8.10 Å². The van der Waals surface area contributed by atoms with Gasteiger partial charge >= 0.3 is 17.7 Å². The Labute approximate surface area is 52.5 Å². The Morgan fingerprint density at radius 2 is 1.78 bits per heavy atom. The molecule has 0 aliphatic rings. The van der Waals surface area contributed by atoms with Gasteiger partial charge in [0.1, 0.15) is 0 Å². The number of hydrogen-bond donors (Lipinski definition) is 0. The van der Waals surface area contributed by atoms with E-state index in [4.69, 9.17) is 9.57 Å². The van der Waals surface area contributed by atoms with Crippen molar-refractivity contribution in [2.45, 2.75) is 0 Å². The maximum Gasteiger partial charge on any atom is 0.0529 e. The molecule has 0 atom stereocenters. The van der Waals surface area contributed by atoms with Gasteiger partial charge < -0.3 is 0 Å². The van der Waals surface area contributed by atoms with Crippen molar-refractivity contribution in [2.75, 3.05) is 0 Å². The van der Waals surface area contributed by atoms with Gasteiger partial charge in [0, 0.05) is 0 Å². The van der Waals surface area contributed by atoms with Crippen LogP contribution in [0.15, 0.2) is 18.5 Å². The van der Waals surface area contributed by atoms with E-state index in [2.05, 4.69) is 15.4 Å². The van der Waals surface area contributed by atoms with Crippen molar-refractivity contribution in [1.82, 2.24) is 15.4 Å². The van der Waals surface area contributed by atoms with Crippen LogP contribution in [0.1, 0.15) is 0 Å². The molecule has 5 nitrogen and oxygen atoms in total. The Morgan fingerprint density at radius 3 is 1.89 bits per heavy atom. The summed E-state index contributed by atoms with van der Waals surface area (Å²) in [5, 5.41) is 17.1. The van der Waals surface area contributed by atoms with Gasteiger partial charge in [0.2, 0.25) is 0 Å². The minimum absolute atomic E-state index is 0.833. The van der Waals surface area contributed by atoms with Crippen molar-refractivity contribution >= 4 is 8.10 Å². The Bertz CT molecular complexity index is 184. The van der Waals surface area contributed by atoms with Crippen LogP contribution in [0.2, 0.25) is 0 Å². The Kier molecular flexibility index (Phi) is 6.14. The first-order valence-electron chi connectivity index (χ1n) is 1.97. The van der Waals surface area contributed by atoms with E-state index in [-0.39, 0.29) is 0 Å². The van der Waals surface area contributed by atoms with Crippen molar-refractivity contribution in [3.05, 3.63) is 18.5 Å². The zero-order valence-electron chi connectivity index (χ0n) is 4.38. The van der Waals surface area contributed by atoms with Crippen molar-refractivity contribution in [3.8, 4) is 0 Å². The first kappa shape index (κ1) is 7.95. The van der Waals surface area contributed by atoms with Gasteiger partial charge in [-0.3, -0.25) is 0 Å². The van der Waals surface area contributed by atoms with Gasteiger partial charge in [-0.1, -0.05) is 0 Å². The fourth-order valence-electron chi connectivity index (χ4n) is 0.205. The van der Waals surface area contributed by atoms with E-state index in [1.54, 1.807) is 18.5 Å². The zero-order valence-corrected chi connectivity index (χ0v) is 5.27. The third-order valence-electron chi connectivity index (χ3n) is 0.409. The van der Waals surface area contributed by atoms with Crippen molar-refractivity contribution in [3.63, 3.8) is 0 Å². The zero-order chi connectivity index (χ0) is 6.95. The van der Waals surface area contributed by atoms with Crippen LogP contribution in [0.25, 0.3) is 0 Å². The molecular formula is C3H3N4OP. The smallest absolute Gasteiger partial charge is 0.0529 e. The molecule has 6 heteroatoms. The largest absolute Gasteiger partial charge is 0.139 e. The summed E-state index contributed by atoms with van der Waals surface area (Å²) in [6, 6.07) is 1.72. The van der Waals surface area contributed by atoms with Crippen LogP contribution in [-0.2, 0) is 4.57 Å². The van der Waals surface area contributed by atoms with Crippen LogP contribution in [0.3, 0.4) is 0 Å². The van der Waals surface area contributed by atoms with Gasteiger partial charge in [0.05, 0.1) is 12.4 Å². The van der Waals surface area contributed by atoms with Gasteiger partial charge in [0.15, 0.2) is 0 Å². The van der Waals surface area contributed by atoms with Crippen LogP contribution in [-0.4, -0.2) is 15.4 Å². The van der Waals surface area contributed by atoms with Crippen molar-refractivity contribution < 1.29 is 4.57 Å². The number of nitrogens with zero attached hydrogens (tertiary/aromatic N) is 4. The molecule has 1 aromatic rings. The third kappa shape index (κ3) is 6.95. The SMILES string of the molecule is N#P=O.c1cnnnc1. The Hall–Kier alpha value is -1.05. The standard InChI is InChI=1S/C3H3N3.NOP/c1-2-4-6-5-3-1;1-3-2/h1-3H;. The molecule has 0 N–H and O–H groups in total. The molecule has 0 spiro atoms. The minimum Gasteiger partial charge on any atom is -0.139 e. The molecule has 0 amide bonds. The van der Waals surface area contributed by atoms with E-state index in [0.717, 1.165) is 0 Å². The molecule has 46 valence electrons. The molecule has 0 saturated carbocycles. The molecule has 0 aliphatic carbocycles. The van der Waals surface area contributed by atoms with E-state index in [1.165, 1.54) is 0 Å². The van der Waals surface area contributed by atoms with Gasteiger partial charge in [-0.05, 0) is 11.3 Å². The summed E-state index contributed by atoms with van der Waals surface area (Å²) < 4.78 is 8.46. The summed E-state index contributed by atoms with van der Waals surface area (Å²) in [6.45, 7) is 0. The maximum absolute atomic E-state index is 8.46. The summed E-state index contributed by atoms with van der Waals surface area (Å²) >= 11 is 0. The Balaban J connectivity index is 0.000000187. The van der Waals surface area contributed by atoms with Gasteiger partial charge in [-0.25, -0.2) is 0 Å². The predicted molar refractivity (Wildman–Crippen MR) is 29.2 cm³/mol. The van der Waals surface area contributed by atoms with Crippen LogP contribution in [0.4, 0.5) is 0 Å². The van der Waals surface area contributed by atoms with Gasteiger partial charge in [-0.15, -0.1) is 10.2 Å². The number of rotatable bonds is 0. The molecule has 1 heterocycles. The van der Waals surface area contributed by atoms with Crippen LogP contribution < -0.4 is 0 Å². The summed E-state index contributed by atoms with van der Waals surface area (Å²) in [5.74, 6) is 0. The molecule has 1 aromatic heterocycles. The van der Waals surface area contributed by atoms with E-state index in [1.807, 2.05) is 0 Å². The summed E-state index contributed by atoms with van der Waals surface area (Å²) in [4.78, 5) is 0. The van der Waals surface area contributed by atoms with Crippen LogP contribution in [0, 0.1) is 5.00 Å². The molecule has 0 radical (unpaired) electrons. The quantitative estimate of drug-likeness (QED) is 0.496. The van der Waals surface area contributed by atoms with E-state index < -0.39 is 8.10 Å². The first-order valence-corrected chi connectivity index (χ1v) is 2.73. The van der Waals surface area contributed by atoms with Crippen molar-refractivity contribution in [1.29, 1.82) is 5.00 Å². The fourth-order valence-corrected chi connectivity index (χ4v) is 0.205. The number of aromatic nitrogens is 3. The van der Waals surface area contributed by atoms with Crippen LogP contribution in [0.5, 0.6) is 0 Å². The molecule has 0 aromatic carbocycles. The molecule has 1 rings (SSSR count). The molecule has 0 aliphatic heterocycles. The van der Waals surface area contributed by atoms with Crippen molar-refractivity contribution in [2.24, 2.45) is 0 Å². The van der Waals surface area contributed by atoms with Gasteiger partial charge in [-0.2, -0.15) is 0 Å². The topological polar surface area (TPSA) is 79.5 Å². The summed E-state index contributed by atoms with van der Waals surface area (Å²) in [7, 11) is -0.833. The third-order valence-corrected chi connectivity index (χ3v) is 0.409. The van der Waals surface area contributed by atoms with E-state index in [9.17, 15) is 0 Å². The normalized spacial score (nSPS) is 6.56. The predicted octanol–water partition coefficient (Wildman–Crippen LogP) is 0.629. The summed E-state index contributed by atoms with van der Waals surface area (Å²) in [5.41, 5.74) is 0. The molecule has 0 unspecified atom stereocenters. The van der Waals surface area contributed by atoms with Gasteiger partial charge in [0.25, 0.3) is 0 Å². The number of hydrogen-bond acceptors (Lipinski definition) is 5.